The molecule has 0 aliphatic carbocycles. The Labute approximate surface area is 126 Å². The van der Waals surface area contributed by atoms with Gasteiger partial charge in [-0.25, -0.2) is 0 Å². The van der Waals surface area contributed by atoms with Gasteiger partial charge < -0.3 is 20.1 Å². The number of aliphatic hydroxyl groups excluding tert-OH is 1. The number of nitrogens with zero attached hydrogens (tertiary/aromatic N) is 1. The Bertz CT molecular complexity index is 416. The summed E-state index contributed by atoms with van der Waals surface area (Å²) in [4.78, 5) is 13.5. The largest absolute Gasteiger partial charge is 0.491 e. The van der Waals surface area contributed by atoms with E-state index in [1.54, 1.807) is 4.90 Å². The molecule has 5 heteroatoms. The zero-order valence-electron chi connectivity index (χ0n) is 13.1. The van der Waals surface area contributed by atoms with Crippen LogP contribution in [0.4, 0.5) is 0 Å². The summed E-state index contributed by atoms with van der Waals surface area (Å²) in [6.07, 6.45) is -0.643. The Hall–Kier alpha value is -1.59. The molecule has 0 radical (unpaired) electrons. The molecule has 0 bridgehead atoms. The molecule has 118 valence electrons. The second kappa shape index (κ2) is 9.37. The van der Waals surface area contributed by atoms with Crippen LogP contribution in [0, 0.1) is 6.92 Å². The standard InChI is InChI=1S/C16H26N2O3/c1-4-18(5-2)16(20)11-17-10-14(19)12-21-15-8-6-13(3)7-9-15/h6-9,14,17,19H,4-5,10-12H2,1-3H3. The van der Waals surface area contributed by atoms with Crippen molar-refractivity contribution < 1.29 is 14.6 Å². The zero-order valence-corrected chi connectivity index (χ0v) is 13.1. The third-order valence-electron chi connectivity index (χ3n) is 3.24. The molecule has 5 nitrogen and oxygen atoms in total. The number of carbonyl (C=O) groups excluding carboxylic acids is 1. The highest BCUT2D eigenvalue weighted by atomic mass is 16.5. The average Bonchev–Trinajstić information content (AvgIpc) is 2.48. The van der Waals surface area contributed by atoms with Crippen LogP contribution in [-0.2, 0) is 4.79 Å². The van der Waals surface area contributed by atoms with Crippen molar-refractivity contribution >= 4 is 5.91 Å². The number of rotatable bonds is 9. The molecule has 1 unspecified atom stereocenters. The van der Waals surface area contributed by atoms with Crippen LogP contribution in [0.2, 0.25) is 0 Å². The normalized spacial score (nSPS) is 12.0. The van der Waals surface area contributed by atoms with Crippen LogP contribution in [-0.4, -0.2) is 54.8 Å². The second-order valence-corrected chi connectivity index (χ2v) is 4.97. The molecule has 0 heterocycles. The van der Waals surface area contributed by atoms with Gasteiger partial charge in [-0.15, -0.1) is 0 Å². The molecule has 2 N–H and O–H groups in total. The van der Waals surface area contributed by atoms with E-state index < -0.39 is 6.10 Å². The molecule has 1 aromatic rings. The van der Waals surface area contributed by atoms with E-state index in [1.807, 2.05) is 45.0 Å². The van der Waals surface area contributed by atoms with E-state index in [0.29, 0.717) is 19.6 Å². The summed E-state index contributed by atoms with van der Waals surface area (Å²) in [6.45, 7) is 8.09. The van der Waals surface area contributed by atoms with Gasteiger partial charge in [-0.2, -0.15) is 0 Å². The first-order valence-electron chi connectivity index (χ1n) is 7.42. The van der Waals surface area contributed by atoms with Crippen molar-refractivity contribution in [2.24, 2.45) is 0 Å². The fraction of sp³-hybridized carbons (Fsp3) is 0.562. The van der Waals surface area contributed by atoms with Crippen molar-refractivity contribution in [3.05, 3.63) is 29.8 Å². The van der Waals surface area contributed by atoms with Crippen LogP contribution in [0.5, 0.6) is 5.75 Å². The minimum absolute atomic E-state index is 0.0478. The summed E-state index contributed by atoms with van der Waals surface area (Å²) in [5.74, 6) is 0.783. The van der Waals surface area contributed by atoms with Crippen LogP contribution >= 0.6 is 0 Å². The number of hydrogen-bond acceptors (Lipinski definition) is 4. The van der Waals surface area contributed by atoms with Crippen LogP contribution in [0.3, 0.4) is 0 Å². The van der Waals surface area contributed by atoms with Crippen molar-refractivity contribution in [3.8, 4) is 5.75 Å². The number of aryl methyl sites for hydroxylation is 1. The van der Waals surface area contributed by atoms with Crippen molar-refractivity contribution in [2.45, 2.75) is 26.9 Å². The quantitative estimate of drug-likeness (QED) is 0.718. The van der Waals surface area contributed by atoms with E-state index in [1.165, 1.54) is 5.56 Å². The molecule has 21 heavy (non-hydrogen) atoms. The van der Waals surface area contributed by atoms with E-state index in [-0.39, 0.29) is 19.1 Å². The van der Waals surface area contributed by atoms with Gasteiger partial charge in [0.1, 0.15) is 18.5 Å². The van der Waals surface area contributed by atoms with E-state index in [0.717, 1.165) is 5.75 Å². The highest BCUT2D eigenvalue weighted by molar-refractivity contribution is 5.78. The summed E-state index contributed by atoms with van der Waals surface area (Å²) in [6, 6.07) is 7.67. The average molecular weight is 294 g/mol. The third kappa shape index (κ3) is 6.60. The number of hydrogen-bond donors (Lipinski definition) is 2. The topological polar surface area (TPSA) is 61.8 Å². The number of ether oxygens (including phenoxy) is 1. The summed E-state index contributed by atoms with van der Waals surface area (Å²) in [5.41, 5.74) is 1.17. The van der Waals surface area contributed by atoms with Gasteiger partial charge >= 0.3 is 0 Å². The lowest BCUT2D eigenvalue weighted by molar-refractivity contribution is -0.129. The van der Waals surface area contributed by atoms with Gasteiger partial charge in [0.25, 0.3) is 0 Å². The van der Waals surface area contributed by atoms with Gasteiger partial charge in [0.2, 0.25) is 5.91 Å². The number of nitrogens with one attached hydrogen (secondary N) is 1. The molecule has 0 saturated heterocycles. The summed E-state index contributed by atoms with van der Waals surface area (Å²) in [7, 11) is 0. The molecular weight excluding hydrogens is 268 g/mol. The molecule has 1 atom stereocenters. The van der Waals surface area contributed by atoms with Gasteiger partial charge in [-0.1, -0.05) is 17.7 Å². The molecule has 1 aromatic carbocycles. The van der Waals surface area contributed by atoms with E-state index >= 15 is 0 Å². The van der Waals surface area contributed by atoms with Crippen molar-refractivity contribution in [1.82, 2.24) is 10.2 Å². The second-order valence-electron chi connectivity index (χ2n) is 4.97. The summed E-state index contributed by atoms with van der Waals surface area (Å²) >= 11 is 0. The number of benzene rings is 1. The molecule has 0 aliphatic rings. The molecule has 1 amide bonds. The van der Waals surface area contributed by atoms with Gasteiger partial charge in [0.15, 0.2) is 0 Å². The molecule has 0 fully saturated rings. The minimum Gasteiger partial charge on any atom is -0.491 e. The predicted molar refractivity (Wildman–Crippen MR) is 83.5 cm³/mol. The summed E-state index contributed by atoms with van der Waals surface area (Å²) in [5, 5.41) is 12.8. The SMILES string of the molecule is CCN(CC)C(=O)CNCC(O)COc1ccc(C)cc1. The molecule has 0 saturated carbocycles. The van der Waals surface area contributed by atoms with Crippen LogP contribution < -0.4 is 10.1 Å². The van der Waals surface area contributed by atoms with Crippen LogP contribution in [0.25, 0.3) is 0 Å². The Balaban J connectivity index is 2.20. The zero-order chi connectivity index (χ0) is 15.7. The Morgan fingerprint density at radius 3 is 2.48 bits per heavy atom. The van der Waals surface area contributed by atoms with Crippen LogP contribution in [0.1, 0.15) is 19.4 Å². The fourth-order valence-electron chi connectivity index (χ4n) is 1.92. The van der Waals surface area contributed by atoms with Crippen molar-refractivity contribution in [2.75, 3.05) is 32.8 Å². The van der Waals surface area contributed by atoms with Gasteiger partial charge in [0.05, 0.1) is 6.54 Å². The predicted octanol–water partition coefficient (Wildman–Crippen LogP) is 1.19. The molecule has 1 rings (SSSR count). The van der Waals surface area contributed by atoms with Gasteiger partial charge in [-0.3, -0.25) is 4.79 Å². The number of aliphatic hydroxyl groups is 1. The van der Waals surface area contributed by atoms with E-state index in [9.17, 15) is 9.90 Å². The van der Waals surface area contributed by atoms with Crippen molar-refractivity contribution in [3.63, 3.8) is 0 Å². The Morgan fingerprint density at radius 2 is 1.90 bits per heavy atom. The first kappa shape index (κ1) is 17.5. The van der Waals surface area contributed by atoms with E-state index in [4.69, 9.17) is 4.74 Å². The van der Waals surface area contributed by atoms with Gasteiger partial charge in [0, 0.05) is 19.6 Å². The molecule has 0 aliphatic heterocycles. The number of carbonyl (C=O) groups is 1. The van der Waals surface area contributed by atoms with E-state index in [2.05, 4.69) is 5.32 Å². The lowest BCUT2D eigenvalue weighted by Gasteiger charge is -2.19. The fourth-order valence-corrected chi connectivity index (χ4v) is 1.92. The first-order chi connectivity index (χ1) is 10.1. The highest BCUT2D eigenvalue weighted by Crippen LogP contribution is 2.11. The molecule has 0 spiro atoms. The maximum Gasteiger partial charge on any atom is 0.236 e. The maximum atomic E-state index is 11.7. The Morgan fingerprint density at radius 1 is 1.29 bits per heavy atom. The minimum atomic E-state index is -0.643. The van der Waals surface area contributed by atoms with Crippen molar-refractivity contribution in [1.29, 1.82) is 0 Å². The highest BCUT2D eigenvalue weighted by Gasteiger charge is 2.10. The van der Waals surface area contributed by atoms with Crippen LogP contribution in [0.15, 0.2) is 24.3 Å². The number of likely N-dealkylation sites (N-methyl/N-ethyl adjacent to an activating group) is 1. The lowest BCUT2D eigenvalue weighted by Crippen LogP contribution is -2.41. The number of amides is 1. The smallest absolute Gasteiger partial charge is 0.236 e. The lowest BCUT2D eigenvalue weighted by atomic mass is 10.2. The van der Waals surface area contributed by atoms with Gasteiger partial charge in [-0.05, 0) is 32.9 Å². The Kier molecular flexibility index (Phi) is 7.79. The summed E-state index contributed by atoms with van der Waals surface area (Å²) < 4.78 is 5.48. The maximum absolute atomic E-state index is 11.7. The molecular formula is C16H26N2O3. The molecule has 0 aromatic heterocycles. The third-order valence-corrected chi connectivity index (χ3v) is 3.24. The monoisotopic (exact) mass is 294 g/mol. The first-order valence-corrected chi connectivity index (χ1v) is 7.42.